The van der Waals surface area contributed by atoms with E-state index in [9.17, 15) is 8.42 Å². The largest absolute Gasteiger partial charge is 0.378 e. The van der Waals surface area contributed by atoms with Gasteiger partial charge in [0.25, 0.3) is 0 Å². The summed E-state index contributed by atoms with van der Waals surface area (Å²) in [5.41, 5.74) is 0. The summed E-state index contributed by atoms with van der Waals surface area (Å²) in [5, 5.41) is -0.376. The fraction of sp³-hybridized carbons (Fsp3) is 1.00. The first kappa shape index (κ1) is 11.2. The van der Waals surface area contributed by atoms with E-state index in [2.05, 4.69) is 4.72 Å². The maximum absolute atomic E-state index is 10.9. The van der Waals surface area contributed by atoms with Crippen LogP contribution in [0.3, 0.4) is 0 Å². The molecule has 1 atom stereocenters. The molecule has 1 aliphatic rings. The molecular weight excluding hydrogens is 214 g/mol. The number of alkyl halides is 1. The Bertz CT molecular complexity index is 236. The lowest BCUT2D eigenvalue weighted by molar-refractivity contribution is 0.105. The lowest BCUT2D eigenvalue weighted by Crippen LogP contribution is -2.27. The second kappa shape index (κ2) is 5.14. The molecule has 4 nitrogen and oxygen atoms in total. The normalized spacial score (nSPS) is 23.6. The Morgan fingerprint density at radius 2 is 2.31 bits per heavy atom. The third-order valence-electron chi connectivity index (χ3n) is 1.96. The molecule has 1 saturated heterocycles. The Balaban J connectivity index is 2.13. The molecule has 1 unspecified atom stereocenters. The van der Waals surface area contributed by atoms with E-state index >= 15 is 0 Å². The summed E-state index contributed by atoms with van der Waals surface area (Å²) >= 11 is 5.21. The Labute approximate surface area is 83.7 Å². The number of hydrogen-bond acceptors (Lipinski definition) is 3. The highest BCUT2D eigenvalue weighted by molar-refractivity contribution is 7.90. The van der Waals surface area contributed by atoms with Gasteiger partial charge in [-0.2, -0.15) is 0 Å². The van der Waals surface area contributed by atoms with Crippen molar-refractivity contribution in [2.45, 2.75) is 25.4 Å². The molecule has 0 bridgehead atoms. The first-order valence-electron chi connectivity index (χ1n) is 4.29. The molecule has 1 aliphatic heterocycles. The fourth-order valence-electron chi connectivity index (χ4n) is 1.29. The maximum atomic E-state index is 10.9. The molecule has 1 N–H and O–H groups in total. The topological polar surface area (TPSA) is 55.4 Å². The second-order valence-corrected chi connectivity index (χ2v) is 5.43. The van der Waals surface area contributed by atoms with Gasteiger partial charge in [0.15, 0.2) is 0 Å². The predicted molar refractivity (Wildman–Crippen MR) is 51.2 cm³/mol. The van der Waals surface area contributed by atoms with Gasteiger partial charge in [-0.15, -0.1) is 11.6 Å². The van der Waals surface area contributed by atoms with Gasteiger partial charge in [0.1, 0.15) is 5.21 Å². The Kier molecular flexibility index (Phi) is 4.45. The lowest BCUT2D eigenvalue weighted by atomic mass is 10.2. The number of hydrogen-bond donors (Lipinski definition) is 1. The van der Waals surface area contributed by atoms with E-state index < -0.39 is 10.0 Å². The van der Waals surface area contributed by atoms with Gasteiger partial charge in [-0.3, -0.25) is 0 Å². The molecule has 0 aromatic carbocycles. The van der Waals surface area contributed by atoms with Crippen molar-refractivity contribution in [1.29, 1.82) is 0 Å². The second-order valence-electron chi connectivity index (χ2n) is 3.04. The highest BCUT2D eigenvalue weighted by Crippen LogP contribution is 2.14. The zero-order valence-corrected chi connectivity index (χ0v) is 8.90. The molecule has 1 rings (SSSR count). The van der Waals surface area contributed by atoms with Crippen molar-refractivity contribution in [3.8, 4) is 0 Å². The van der Waals surface area contributed by atoms with Crippen molar-refractivity contribution in [2.75, 3.05) is 18.4 Å². The molecule has 0 radical (unpaired) electrons. The zero-order valence-electron chi connectivity index (χ0n) is 7.33. The average molecular weight is 228 g/mol. The van der Waals surface area contributed by atoms with E-state index in [1.165, 1.54) is 0 Å². The minimum atomic E-state index is -3.25. The molecule has 0 saturated carbocycles. The number of sulfonamides is 1. The van der Waals surface area contributed by atoms with Gasteiger partial charge in [-0.05, 0) is 19.3 Å². The van der Waals surface area contributed by atoms with Gasteiger partial charge < -0.3 is 4.74 Å². The minimum absolute atomic E-state index is 0.220. The van der Waals surface area contributed by atoms with Crippen LogP contribution in [0, 0.1) is 0 Å². The van der Waals surface area contributed by atoms with Crippen molar-refractivity contribution >= 4 is 21.6 Å². The molecule has 13 heavy (non-hydrogen) atoms. The Morgan fingerprint density at radius 3 is 2.85 bits per heavy atom. The van der Waals surface area contributed by atoms with Crippen molar-refractivity contribution in [3.05, 3.63) is 0 Å². The van der Waals surface area contributed by atoms with E-state index in [0.29, 0.717) is 6.54 Å². The molecule has 6 heteroatoms. The van der Waals surface area contributed by atoms with Crippen LogP contribution in [0.1, 0.15) is 19.3 Å². The van der Waals surface area contributed by atoms with Crippen LogP contribution in [0.2, 0.25) is 0 Å². The van der Waals surface area contributed by atoms with Gasteiger partial charge >= 0.3 is 0 Å². The molecule has 0 spiro atoms. The maximum Gasteiger partial charge on any atom is 0.225 e. The fourth-order valence-corrected chi connectivity index (χ4v) is 2.02. The summed E-state index contributed by atoms with van der Waals surface area (Å²) < 4.78 is 29.5. The van der Waals surface area contributed by atoms with Crippen molar-refractivity contribution < 1.29 is 13.2 Å². The van der Waals surface area contributed by atoms with E-state index in [1.807, 2.05) is 0 Å². The van der Waals surface area contributed by atoms with E-state index in [4.69, 9.17) is 16.3 Å². The van der Waals surface area contributed by atoms with Crippen molar-refractivity contribution in [1.82, 2.24) is 4.72 Å². The molecule has 0 aliphatic carbocycles. The first-order chi connectivity index (χ1) is 6.14. The van der Waals surface area contributed by atoms with Crippen LogP contribution in [-0.2, 0) is 14.8 Å². The van der Waals surface area contributed by atoms with Crippen molar-refractivity contribution in [2.24, 2.45) is 0 Å². The summed E-state index contributed by atoms with van der Waals surface area (Å²) in [6.45, 7) is 1.21. The third-order valence-corrected chi connectivity index (χ3v) is 3.75. The minimum Gasteiger partial charge on any atom is -0.378 e. The molecule has 1 heterocycles. The average Bonchev–Trinajstić information content (AvgIpc) is 2.57. The van der Waals surface area contributed by atoms with Crippen LogP contribution < -0.4 is 4.72 Å². The standard InChI is InChI=1S/C7H14ClNO3S/c8-6-13(10,11)9-4-3-7-2-1-5-12-7/h7,9H,1-6H2. The summed E-state index contributed by atoms with van der Waals surface area (Å²) in [4.78, 5) is 0. The number of halogens is 1. The lowest BCUT2D eigenvalue weighted by Gasteiger charge is -2.08. The van der Waals surface area contributed by atoms with Crippen molar-refractivity contribution in [3.63, 3.8) is 0 Å². The molecule has 0 aromatic rings. The van der Waals surface area contributed by atoms with Crippen LogP contribution in [-0.4, -0.2) is 32.9 Å². The van der Waals surface area contributed by atoms with E-state index in [0.717, 1.165) is 25.9 Å². The molecule has 78 valence electrons. The molecular formula is C7H14ClNO3S. The summed E-state index contributed by atoms with van der Waals surface area (Å²) in [7, 11) is -3.25. The first-order valence-corrected chi connectivity index (χ1v) is 6.47. The molecule has 0 amide bonds. The van der Waals surface area contributed by atoms with Crippen LogP contribution in [0.4, 0.5) is 0 Å². The van der Waals surface area contributed by atoms with Crippen LogP contribution in [0.5, 0.6) is 0 Å². The molecule has 0 aromatic heterocycles. The van der Waals surface area contributed by atoms with Crippen LogP contribution >= 0.6 is 11.6 Å². The Hall–Kier alpha value is 0.160. The highest BCUT2D eigenvalue weighted by atomic mass is 35.5. The highest BCUT2D eigenvalue weighted by Gasteiger charge is 2.16. The van der Waals surface area contributed by atoms with Crippen LogP contribution in [0.15, 0.2) is 0 Å². The van der Waals surface area contributed by atoms with Gasteiger partial charge in [0.2, 0.25) is 10.0 Å². The summed E-state index contributed by atoms with van der Waals surface area (Å²) in [6.07, 6.45) is 3.06. The van der Waals surface area contributed by atoms with Gasteiger partial charge in [-0.1, -0.05) is 0 Å². The molecule has 1 fully saturated rings. The zero-order chi connectivity index (χ0) is 9.73. The number of ether oxygens (including phenoxy) is 1. The van der Waals surface area contributed by atoms with Gasteiger partial charge in [-0.25, -0.2) is 13.1 Å². The quantitative estimate of drug-likeness (QED) is 0.703. The van der Waals surface area contributed by atoms with Gasteiger partial charge in [0, 0.05) is 13.2 Å². The number of nitrogens with one attached hydrogen (secondary N) is 1. The van der Waals surface area contributed by atoms with E-state index in [1.54, 1.807) is 0 Å². The predicted octanol–water partition coefficient (Wildman–Crippen LogP) is 0.671. The monoisotopic (exact) mass is 227 g/mol. The van der Waals surface area contributed by atoms with E-state index in [-0.39, 0.29) is 11.3 Å². The SMILES string of the molecule is O=S(=O)(CCl)NCCC1CCCO1. The summed E-state index contributed by atoms with van der Waals surface area (Å²) in [5.74, 6) is 0. The number of rotatable bonds is 5. The Morgan fingerprint density at radius 1 is 1.54 bits per heavy atom. The van der Waals surface area contributed by atoms with Crippen LogP contribution in [0.25, 0.3) is 0 Å². The summed E-state index contributed by atoms with van der Waals surface area (Å²) in [6, 6.07) is 0. The van der Waals surface area contributed by atoms with Gasteiger partial charge in [0.05, 0.1) is 6.10 Å². The smallest absolute Gasteiger partial charge is 0.225 e. The third kappa shape index (κ3) is 4.26.